The highest BCUT2D eigenvalue weighted by molar-refractivity contribution is 5.89. The van der Waals surface area contributed by atoms with E-state index in [9.17, 15) is 4.79 Å². The molecule has 0 spiro atoms. The topological polar surface area (TPSA) is 63.2 Å². The van der Waals surface area contributed by atoms with E-state index in [0.717, 1.165) is 11.1 Å². The molecule has 2 aliphatic heterocycles. The van der Waals surface area contributed by atoms with Gasteiger partial charge in [-0.15, -0.1) is 0 Å². The molecule has 6 nitrogen and oxygen atoms in total. The summed E-state index contributed by atoms with van der Waals surface area (Å²) in [6.07, 6.45) is 0.351. The van der Waals surface area contributed by atoms with Gasteiger partial charge in [0.2, 0.25) is 0 Å². The molecule has 4 atom stereocenters. The Morgan fingerprint density at radius 2 is 1.66 bits per heavy atom. The molecule has 4 rings (SSSR count). The third-order valence-electron chi connectivity index (χ3n) is 5.45. The first-order valence-corrected chi connectivity index (χ1v) is 11.0. The normalized spacial score (nSPS) is 26.7. The zero-order valence-electron chi connectivity index (χ0n) is 18.7. The Bertz CT molecular complexity index is 924. The van der Waals surface area contributed by atoms with Gasteiger partial charge >= 0.3 is 5.97 Å². The van der Waals surface area contributed by atoms with Crippen molar-refractivity contribution in [1.82, 2.24) is 0 Å². The van der Waals surface area contributed by atoms with Gasteiger partial charge in [-0.2, -0.15) is 0 Å². The van der Waals surface area contributed by atoms with E-state index in [4.69, 9.17) is 23.7 Å². The number of rotatable bonds is 8. The van der Waals surface area contributed by atoms with Crippen LogP contribution < -0.4 is 0 Å². The largest absolute Gasteiger partial charge is 0.463 e. The van der Waals surface area contributed by atoms with Crippen molar-refractivity contribution in [3.05, 3.63) is 83.4 Å². The van der Waals surface area contributed by atoms with Crippen molar-refractivity contribution in [3.8, 4) is 0 Å². The van der Waals surface area contributed by atoms with Crippen molar-refractivity contribution in [3.63, 3.8) is 0 Å². The summed E-state index contributed by atoms with van der Waals surface area (Å²) in [5, 5.41) is 0. The highest BCUT2D eigenvalue weighted by Gasteiger charge is 2.55. The number of carbonyl (C=O) groups is 1. The van der Waals surface area contributed by atoms with Crippen LogP contribution in [0.4, 0.5) is 0 Å². The lowest BCUT2D eigenvalue weighted by molar-refractivity contribution is -0.213. The molecule has 32 heavy (non-hydrogen) atoms. The van der Waals surface area contributed by atoms with Gasteiger partial charge in [-0.3, -0.25) is 0 Å². The van der Waals surface area contributed by atoms with Gasteiger partial charge in [0.15, 0.2) is 12.1 Å². The van der Waals surface area contributed by atoms with Crippen molar-refractivity contribution < 1.29 is 28.5 Å². The minimum absolute atomic E-state index is 0.302. The van der Waals surface area contributed by atoms with Crippen LogP contribution in [0.15, 0.2) is 72.3 Å². The fourth-order valence-corrected chi connectivity index (χ4v) is 4.03. The van der Waals surface area contributed by atoms with E-state index >= 15 is 0 Å². The van der Waals surface area contributed by atoms with Gasteiger partial charge in [0.1, 0.15) is 18.3 Å². The molecule has 2 fully saturated rings. The van der Waals surface area contributed by atoms with Crippen molar-refractivity contribution in [2.24, 2.45) is 0 Å². The summed E-state index contributed by atoms with van der Waals surface area (Å²) in [7, 11) is 0. The second kappa shape index (κ2) is 9.96. The van der Waals surface area contributed by atoms with E-state index in [1.54, 1.807) is 13.0 Å². The van der Waals surface area contributed by atoms with Gasteiger partial charge in [0.05, 0.1) is 13.2 Å². The van der Waals surface area contributed by atoms with Crippen LogP contribution in [0, 0.1) is 0 Å². The molecule has 6 heteroatoms. The molecule has 0 amide bonds. The third-order valence-corrected chi connectivity index (χ3v) is 5.45. The molecule has 0 N–H and O–H groups in total. The Morgan fingerprint density at radius 3 is 2.31 bits per heavy atom. The first-order valence-electron chi connectivity index (χ1n) is 11.0. The standard InChI is InChI=1S/C26H30O6/c1-4-28-24(27)20(15-18-11-7-5-8-12-18)16-21-22(29-17-19-13-9-6-10-14-19)23-25(30-21)32-26(2,3)31-23/h5-14,16,21-23,25H,4,15,17H2,1-3H3/b20-16+/t21-,22+,23-,25-/m1/s1. The lowest BCUT2D eigenvalue weighted by atomic mass is 10.0. The van der Waals surface area contributed by atoms with Gasteiger partial charge < -0.3 is 23.7 Å². The third kappa shape index (κ3) is 5.45. The van der Waals surface area contributed by atoms with Crippen LogP contribution in [-0.2, 0) is 41.5 Å². The molecular weight excluding hydrogens is 408 g/mol. The smallest absolute Gasteiger partial charge is 0.334 e. The predicted octanol–water partition coefficient (Wildman–Crippen LogP) is 4.18. The number of hydrogen-bond donors (Lipinski definition) is 0. The average Bonchev–Trinajstić information content (AvgIpc) is 3.24. The zero-order valence-corrected chi connectivity index (χ0v) is 18.7. The Hall–Kier alpha value is -2.51. The molecule has 0 radical (unpaired) electrons. The van der Waals surface area contributed by atoms with Gasteiger partial charge in [-0.05, 0) is 38.0 Å². The zero-order chi connectivity index (χ0) is 22.6. The highest BCUT2D eigenvalue weighted by Crippen LogP contribution is 2.39. The molecule has 2 heterocycles. The fraction of sp³-hybridized carbons (Fsp3) is 0.423. The van der Waals surface area contributed by atoms with Crippen molar-refractivity contribution in [2.45, 2.75) is 64.2 Å². The van der Waals surface area contributed by atoms with Crippen LogP contribution in [0.2, 0.25) is 0 Å². The Kier molecular flexibility index (Phi) is 7.06. The summed E-state index contributed by atoms with van der Waals surface area (Å²) >= 11 is 0. The summed E-state index contributed by atoms with van der Waals surface area (Å²) < 4.78 is 29.8. The molecule has 0 saturated carbocycles. The second-order valence-corrected chi connectivity index (χ2v) is 8.41. The Labute approximate surface area is 189 Å². The van der Waals surface area contributed by atoms with Gasteiger partial charge in [-0.1, -0.05) is 60.7 Å². The molecule has 0 aromatic heterocycles. The lowest BCUT2D eigenvalue weighted by Crippen LogP contribution is -2.36. The minimum atomic E-state index is -0.758. The van der Waals surface area contributed by atoms with Gasteiger partial charge in [0, 0.05) is 12.0 Å². The minimum Gasteiger partial charge on any atom is -0.463 e. The molecule has 170 valence electrons. The van der Waals surface area contributed by atoms with E-state index in [1.165, 1.54) is 0 Å². The number of hydrogen-bond acceptors (Lipinski definition) is 6. The molecule has 2 aliphatic rings. The molecule has 2 saturated heterocycles. The lowest BCUT2D eigenvalue weighted by Gasteiger charge is -2.25. The highest BCUT2D eigenvalue weighted by atomic mass is 16.8. The first kappa shape index (κ1) is 22.7. The van der Waals surface area contributed by atoms with E-state index < -0.39 is 30.4 Å². The quantitative estimate of drug-likeness (QED) is 0.455. The van der Waals surface area contributed by atoms with Crippen LogP contribution in [-0.4, -0.2) is 43.0 Å². The summed E-state index contributed by atoms with van der Waals surface area (Å²) in [5.41, 5.74) is 2.59. The number of carbonyl (C=O) groups excluding carboxylic acids is 1. The fourth-order valence-electron chi connectivity index (χ4n) is 4.03. The van der Waals surface area contributed by atoms with Crippen LogP contribution in [0.5, 0.6) is 0 Å². The van der Waals surface area contributed by atoms with E-state index in [2.05, 4.69) is 0 Å². The maximum atomic E-state index is 12.7. The van der Waals surface area contributed by atoms with Gasteiger partial charge in [0.25, 0.3) is 0 Å². The summed E-state index contributed by atoms with van der Waals surface area (Å²) in [5.74, 6) is -1.12. The summed E-state index contributed by atoms with van der Waals surface area (Å²) in [6.45, 7) is 6.21. The Balaban J connectivity index is 1.58. The van der Waals surface area contributed by atoms with Gasteiger partial charge in [-0.25, -0.2) is 4.79 Å². The average molecular weight is 439 g/mol. The van der Waals surface area contributed by atoms with E-state index in [0.29, 0.717) is 25.2 Å². The summed E-state index contributed by atoms with van der Waals surface area (Å²) in [6, 6.07) is 19.7. The maximum absolute atomic E-state index is 12.7. The van der Waals surface area contributed by atoms with Crippen molar-refractivity contribution >= 4 is 5.97 Å². The first-order chi connectivity index (χ1) is 15.4. The second-order valence-electron chi connectivity index (χ2n) is 8.41. The van der Waals surface area contributed by atoms with Crippen LogP contribution >= 0.6 is 0 Å². The van der Waals surface area contributed by atoms with E-state index in [-0.39, 0.29) is 5.97 Å². The number of fused-ring (bicyclic) bond motifs is 1. The number of ether oxygens (including phenoxy) is 5. The SMILES string of the molecule is CCOC(=O)/C(=C/[C@H]1O[C@@H]2OC(C)(C)O[C@@H]2[C@H]1OCc1ccccc1)Cc1ccccc1. The van der Waals surface area contributed by atoms with Crippen LogP contribution in [0.1, 0.15) is 31.9 Å². The Morgan fingerprint density at radius 1 is 1.00 bits per heavy atom. The number of esters is 1. The monoisotopic (exact) mass is 438 g/mol. The van der Waals surface area contributed by atoms with Crippen LogP contribution in [0.25, 0.3) is 0 Å². The van der Waals surface area contributed by atoms with Crippen LogP contribution in [0.3, 0.4) is 0 Å². The van der Waals surface area contributed by atoms with E-state index in [1.807, 2.05) is 74.5 Å². The predicted molar refractivity (Wildman–Crippen MR) is 119 cm³/mol. The maximum Gasteiger partial charge on any atom is 0.334 e. The van der Waals surface area contributed by atoms with Crippen molar-refractivity contribution in [2.75, 3.05) is 6.61 Å². The molecule has 0 bridgehead atoms. The molecular formula is C26H30O6. The molecule has 0 unspecified atom stereocenters. The number of benzene rings is 2. The molecule has 2 aromatic carbocycles. The molecule has 0 aliphatic carbocycles. The summed E-state index contributed by atoms with van der Waals surface area (Å²) in [4.78, 5) is 12.7. The van der Waals surface area contributed by atoms with Crippen molar-refractivity contribution in [1.29, 1.82) is 0 Å². The molecule has 2 aromatic rings.